The van der Waals surface area contributed by atoms with Gasteiger partial charge in [0.1, 0.15) is 0 Å². The van der Waals surface area contributed by atoms with Gasteiger partial charge in [0.2, 0.25) is 0 Å². The van der Waals surface area contributed by atoms with Gasteiger partial charge in [-0.15, -0.1) is 0 Å². The molecule has 0 saturated carbocycles. The van der Waals surface area contributed by atoms with Crippen LogP contribution in [0.1, 0.15) is 13.3 Å². The highest BCUT2D eigenvalue weighted by Gasteiger charge is 2.32. The standard InChI is InChI=1S/C8H8F3N/c1-6-2-3-12-5-7(4-6)8(9,10)11/h3-5H,2H2,1H3. The van der Waals surface area contributed by atoms with Crippen molar-refractivity contribution in [2.24, 2.45) is 4.99 Å². The van der Waals surface area contributed by atoms with Crippen molar-refractivity contribution in [1.29, 1.82) is 0 Å². The first-order valence-corrected chi connectivity index (χ1v) is 3.46. The van der Waals surface area contributed by atoms with E-state index in [0.717, 1.165) is 12.3 Å². The first-order valence-electron chi connectivity index (χ1n) is 3.46. The van der Waals surface area contributed by atoms with E-state index in [1.165, 1.54) is 6.21 Å². The Kier molecular flexibility index (Phi) is 2.35. The molecule has 0 bridgehead atoms. The molecule has 0 aliphatic carbocycles. The van der Waals surface area contributed by atoms with E-state index in [1.54, 1.807) is 6.92 Å². The topological polar surface area (TPSA) is 12.4 Å². The van der Waals surface area contributed by atoms with Crippen LogP contribution in [0.3, 0.4) is 0 Å². The van der Waals surface area contributed by atoms with E-state index in [9.17, 15) is 13.2 Å². The van der Waals surface area contributed by atoms with Gasteiger partial charge in [-0.2, -0.15) is 13.2 Å². The fraction of sp³-hybridized carbons (Fsp3) is 0.375. The molecule has 0 aromatic rings. The van der Waals surface area contributed by atoms with Crippen molar-refractivity contribution in [1.82, 2.24) is 0 Å². The van der Waals surface area contributed by atoms with Crippen LogP contribution in [0.5, 0.6) is 0 Å². The number of rotatable bonds is 0. The van der Waals surface area contributed by atoms with Gasteiger partial charge in [-0.3, -0.25) is 4.99 Å². The van der Waals surface area contributed by atoms with E-state index in [-0.39, 0.29) is 0 Å². The van der Waals surface area contributed by atoms with Crippen LogP contribution in [0.25, 0.3) is 0 Å². The molecule has 0 aromatic heterocycles. The zero-order chi connectivity index (χ0) is 9.19. The van der Waals surface area contributed by atoms with E-state index in [4.69, 9.17) is 0 Å². The maximum absolute atomic E-state index is 12.1. The Morgan fingerprint density at radius 3 is 2.67 bits per heavy atom. The Morgan fingerprint density at radius 1 is 1.42 bits per heavy atom. The zero-order valence-corrected chi connectivity index (χ0v) is 6.52. The van der Waals surface area contributed by atoms with E-state index in [0.29, 0.717) is 12.0 Å². The van der Waals surface area contributed by atoms with E-state index >= 15 is 0 Å². The Balaban J connectivity index is 2.96. The summed E-state index contributed by atoms with van der Waals surface area (Å²) in [5.74, 6) is 0. The molecule has 1 nitrogen and oxygen atoms in total. The number of nitrogens with zero attached hydrogens (tertiary/aromatic N) is 1. The molecule has 0 N–H and O–H groups in total. The quantitative estimate of drug-likeness (QED) is 0.536. The molecular formula is C8H8F3N. The van der Waals surface area contributed by atoms with Crippen molar-refractivity contribution in [3.63, 3.8) is 0 Å². The molecule has 12 heavy (non-hydrogen) atoms. The Labute approximate surface area is 68.3 Å². The molecule has 0 fully saturated rings. The zero-order valence-electron chi connectivity index (χ0n) is 6.52. The first kappa shape index (κ1) is 9.03. The molecule has 1 aliphatic rings. The summed E-state index contributed by atoms with van der Waals surface area (Å²) in [6, 6.07) is 0. The monoisotopic (exact) mass is 175 g/mol. The number of alkyl halides is 3. The molecule has 1 heterocycles. The second-order valence-electron chi connectivity index (χ2n) is 2.61. The largest absolute Gasteiger partial charge is 0.417 e. The second kappa shape index (κ2) is 3.13. The normalized spacial score (nSPS) is 18.3. The van der Waals surface area contributed by atoms with Crippen molar-refractivity contribution >= 4 is 6.21 Å². The molecule has 0 aromatic carbocycles. The van der Waals surface area contributed by atoms with Crippen LogP contribution >= 0.6 is 0 Å². The molecule has 0 amide bonds. The lowest BCUT2D eigenvalue weighted by Gasteiger charge is -2.05. The highest BCUT2D eigenvalue weighted by atomic mass is 19.4. The summed E-state index contributed by atoms with van der Waals surface area (Å²) in [5.41, 5.74) is -0.0198. The summed E-state index contributed by atoms with van der Waals surface area (Å²) in [6.45, 7) is 1.65. The van der Waals surface area contributed by atoms with Gasteiger partial charge in [-0.1, -0.05) is 5.57 Å². The number of allylic oxidation sites excluding steroid dienone is 3. The van der Waals surface area contributed by atoms with Crippen LogP contribution in [0.4, 0.5) is 13.2 Å². The SMILES string of the molecule is CC1=CC(C(F)(F)F)=CN=CC1. The smallest absolute Gasteiger partial charge is 0.268 e. The Morgan fingerprint density at radius 2 is 2.08 bits per heavy atom. The second-order valence-corrected chi connectivity index (χ2v) is 2.61. The molecule has 0 unspecified atom stereocenters. The van der Waals surface area contributed by atoms with Crippen LogP contribution in [0, 0.1) is 0 Å². The fourth-order valence-electron chi connectivity index (χ4n) is 0.846. The van der Waals surface area contributed by atoms with Gasteiger partial charge in [0.25, 0.3) is 0 Å². The van der Waals surface area contributed by atoms with Gasteiger partial charge < -0.3 is 0 Å². The summed E-state index contributed by atoms with van der Waals surface area (Å²) >= 11 is 0. The van der Waals surface area contributed by atoms with E-state index in [1.807, 2.05) is 0 Å². The third-order valence-corrected chi connectivity index (χ3v) is 1.46. The summed E-state index contributed by atoms with van der Waals surface area (Å²) in [7, 11) is 0. The Hall–Kier alpha value is -1.06. The van der Waals surface area contributed by atoms with Crippen molar-refractivity contribution in [2.45, 2.75) is 19.5 Å². The van der Waals surface area contributed by atoms with E-state index < -0.39 is 11.7 Å². The van der Waals surface area contributed by atoms with Crippen LogP contribution in [-0.4, -0.2) is 12.4 Å². The molecule has 0 saturated heterocycles. The van der Waals surface area contributed by atoms with Crippen LogP contribution in [-0.2, 0) is 0 Å². The number of halogens is 3. The molecule has 0 radical (unpaired) electrons. The number of hydrogen-bond donors (Lipinski definition) is 0. The van der Waals surface area contributed by atoms with Crippen LogP contribution in [0.15, 0.2) is 28.4 Å². The highest BCUT2D eigenvalue weighted by molar-refractivity contribution is 5.63. The molecule has 0 spiro atoms. The van der Waals surface area contributed by atoms with Crippen molar-refractivity contribution in [3.05, 3.63) is 23.4 Å². The number of hydrogen-bond acceptors (Lipinski definition) is 1. The summed E-state index contributed by atoms with van der Waals surface area (Å²) in [6.07, 6.45) is -0.382. The summed E-state index contributed by atoms with van der Waals surface area (Å²) < 4.78 is 36.3. The molecule has 1 rings (SSSR count). The van der Waals surface area contributed by atoms with Gasteiger partial charge in [0, 0.05) is 18.8 Å². The average molecular weight is 175 g/mol. The summed E-state index contributed by atoms with van der Waals surface area (Å²) in [5, 5.41) is 0. The summed E-state index contributed by atoms with van der Waals surface area (Å²) in [4.78, 5) is 3.51. The lowest BCUT2D eigenvalue weighted by molar-refractivity contribution is -0.0884. The maximum Gasteiger partial charge on any atom is 0.417 e. The first-order chi connectivity index (χ1) is 5.50. The van der Waals surface area contributed by atoms with E-state index in [2.05, 4.69) is 4.99 Å². The van der Waals surface area contributed by atoms with Gasteiger partial charge >= 0.3 is 6.18 Å². The Bertz CT molecular complexity index is 258. The fourth-order valence-corrected chi connectivity index (χ4v) is 0.846. The third kappa shape index (κ3) is 2.22. The average Bonchev–Trinajstić information content (AvgIpc) is 2.11. The van der Waals surface area contributed by atoms with Gasteiger partial charge in [0.15, 0.2) is 0 Å². The minimum absolute atomic E-state index is 0.482. The van der Waals surface area contributed by atoms with Crippen molar-refractivity contribution in [2.75, 3.05) is 0 Å². The lowest BCUT2D eigenvalue weighted by atomic mass is 10.1. The molecule has 1 aliphatic heterocycles. The van der Waals surface area contributed by atoms with Crippen LogP contribution in [0.2, 0.25) is 0 Å². The predicted molar refractivity (Wildman–Crippen MR) is 41.0 cm³/mol. The lowest BCUT2D eigenvalue weighted by Crippen LogP contribution is -2.09. The maximum atomic E-state index is 12.1. The number of aliphatic imine (C=N–C) groups is 1. The van der Waals surface area contributed by atoms with Gasteiger partial charge in [0.05, 0.1) is 5.57 Å². The highest BCUT2D eigenvalue weighted by Crippen LogP contribution is 2.28. The van der Waals surface area contributed by atoms with Crippen LogP contribution < -0.4 is 0 Å². The van der Waals surface area contributed by atoms with Gasteiger partial charge in [-0.05, 0) is 13.0 Å². The molecule has 0 atom stereocenters. The third-order valence-electron chi connectivity index (χ3n) is 1.46. The molecule has 4 heteroatoms. The molecule has 66 valence electrons. The minimum atomic E-state index is -4.29. The van der Waals surface area contributed by atoms with Gasteiger partial charge in [-0.25, -0.2) is 0 Å². The predicted octanol–water partition coefficient (Wildman–Crippen LogP) is 2.85. The van der Waals surface area contributed by atoms with Crippen molar-refractivity contribution < 1.29 is 13.2 Å². The van der Waals surface area contributed by atoms with Crippen molar-refractivity contribution in [3.8, 4) is 0 Å². The minimum Gasteiger partial charge on any atom is -0.268 e. The molecular weight excluding hydrogens is 167 g/mol.